The molecule has 19 heavy (non-hydrogen) atoms. The average molecular weight is 284 g/mol. The molecule has 4 heteroatoms. The van der Waals surface area contributed by atoms with Gasteiger partial charge in [0.15, 0.2) is 0 Å². The minimum Gasteiger partial charge on any atom is -0.372 e. The largest absolute Gasteiger partial charge is 0.372 e. The number of nitrogens with zero attached hydrogens (tertiary/aromatic N) is 1. The number of rotatable bonds is 4. The molecule has 0 spiro atoms. The normalized spacial score (nSPS) is 16.3. The molecule has 106 valence electrons. The quantitative estimate of drug-likeness (QED) is 0.628. The van der Waals surface area contributed by atoms with Gasteiger partial charge in [-0.15, -0.1) is 11.6 Å². The van der Waals surface area contributed by atoms with Gasteiger partial charge in [-0.3, -0.25) is 4.79 Å². The second-order valence-electron chi connectivity index (χ2n) is 4.46. The van der Waals surface area contributed by atoms with Gasteiger partial charge in [-0.05, 0) is 32.9 Å². The second-order valence-corrected chi connectivity index (χ2v) is 4.77. The Morgan fingerprint density at radius 3 is 2.42 bits per heavy atom. The number of hydrogen-bond donors (Lipinski definition) is 0. The van der Waals surface area contributed by atoms with Crippen LogP contribution in [0.15, 0.2) is 24.3 Å². The summed E-state index contributed by atoms with van der Waals surface area (Å²) in [5.74, 6) is 0.790. The number of ether oxygens (including phenoxy) is 1. The molecule has 3 nitrogen and oxygen atoms in total. The highest BCUT2D eigenvalue weighted by Gasteiger charge is 2.19. The molecule has 1 amide bonds. The van der Waals surface area contributed by atoms with Crippen molar-refractivity contribution in [2.24, 2.45) is 0 Å². The Bertz CT molecular complexity index is 401. The first-order valence-corrected chi connectivity index (χ1v) is 7.19. The zero-order valence-electron chi connectivity index (χ0n) is 11.9. The lowest BCUT2D eigenvalue weighted by molar-refractivity contribution is 0.0773. The van der Waals surface area contributed by atoms with Crippen LogP contribution in [0.1, 0.15) is 29.8 Å². The fourth-order valence-corrected chi connectivity index (χ4v) is 1.81. The molecule has 0 saturated carbocycles. The van der Waals surface area contributed by atoms with Gasteiger partial charge in [0.05, 0.1) is 18.6 Å². The van der Waals surface area contributed by atoms with Crippen LogP contribution >= 0.6 is 11.6 Å². The predicted molar refractivity (Wildman–Crippen MR) is 78.9 cm³/mol. The molecular formula is C15H22ClNO2. The maximum Gasteiger partial charge on any atom is 0.253 e. The predicted octanol–water partition coefficient (Wildman–Crippen LogP) is 3.10. The van der Waals surface area contributed by atoms with Crippen molar-refractivity contribution < 1.29 is 9.53 Å². The summed E-state index contributed by atoms with van der Waals surface area (Å²) in [6, 6.07) is 7.72. The van der Waals surface area contributed by atoms with Crippen molar-refractivity contribution in [3.05, 3.63) is 35.4 Å². The summed E-state index contributed by atoms with van der Waals surface area (Å²) in [6.07, 6.45) is 0.400. The third kappa shape index (κ3) is 5.62. The minimum atomic E-state index is 0.124. The summed E-state index contributed by atoms with van der Waals surface area (Å²) in [5, 5.41) is 0. The molecule has 1 aliphatic heterocycles. The highest BCUT2D eigenvalue weighted by atomic mass is 35.5. The number of aryl methyl sites for hydroxylation is 1. The molecule has 0 bridgehead atoms. The third-order valence-electron chi connectivity index (χ3n) is 2.89. The van der Waals surface area contributed by atoms with Crippen LogP contribution in [0.25, 0.3) is 0 Å². The SMILES string of the molecule is CCN(CC)C(=O)c1cccc(C)c1.ClCC1CO1. The van der Waals surface area contributed by atoms with Gasteiger partial charge in [-0.25, -0.2) is 0 Å². The van der Waals surface area contributed by atoms with Crippen LogP contribution in [0.2, 0.25) is 0 Å². The first kappa shape index (κ1) is 16.0. The van der Waals surface area contributed by atoms with Gasteiger partial charge in [-0.1, -0.05) is 17.7 Å². The molecule has 1 aliphatic rings. The van der Waals surface area contributed by atoms with Crippen molar-refractivity contribution in [2.45, 2.75) is 26.9 Å². The Labute approximate surface area is 120 Å². The monoisotopic (exact) mass is 283 g/mol. The van der Waals surface area contributed by atoms with Crippen LogP contribution in [-0.2, 0) is 4.74 Å². The number of carbonyl (C=O) groups is 1. The molecule has 1 saturated heterocycles. The number of hydrogen-bond acceptors (Lipinski definition) is 2. The van der Waals surface area contributed by atoms with Crippen LogP contribution in [0.5, 0.6) is 0 Å². The van der Waals surface area contributed by atoms with Crippen molar-refractivity contribution in [3.8, 4) is 0 Å². The lowest BCUT2D eigenvalue weighted by Gasteiger charge is -2.18. The number of benzene rings is 1. The van der Waals surface area contributed by atoms with Gasteiger partial charge in [0.1, 0.15) is 0 Å². The Balaban J connectivity index is 0.000000300. The van der Waals surface area contributed by atoms with Gasteiger partial charge in [-0.2, -0.15) is 0 Å². The van der Waals surface area contributed by atoms with E-state index >= 15 is 0 Å². The van der Waals surface area contributed by atoms with E-state index in [1.807, 2.05) is 49.9 Å². The first-order chi connectivity index (χ1) is 9.12. The maximum atomic E-state index is 11.9. The number of carbonyl (C=O) groups excluding carboxylic acids is 1. The van der Waals surface area contributed by atoms with Crippen LogP contribution < -0.4 is 0 Å². The Morgan fingerprint density at radius 1 is 1.42 bits per heavy atom. The summed E-state index contributed by atoms with van der Waals surface area (Å²) in [5.41, 5.74) is 1.91. The van der Waals surface area contributed by atoms with Crippen LogP contribution in [0.3, 0.4) is 0 Å². The smallest absolute Gasteiger partial charge is 0.253 e. The van der Waals surface area contributed by atoms with E-state index < -0.39 is 0 Å². The Morgan fingerprint density at radius 2 is 2.05 bits per heavy atom. The van der Waals surface area contributed by atoms with Crippen molar-refractivity contribution in [1.82, 2.24) is 4.90 Å². The number of alkyl halides is 1. The molecule has 1 aromatic rings. The summed E-state index contributed by atoms with van der Waals surface area (Å²) >= 11 is 5.27. The molecule has 0 N–H and O–H groups in total. The van der Waals surface area contributed by atoms with E-state index in [9.17, 15) is 4.79 Å². The van der Waals surface area contributed by atoms with E-state index in [2.05, 4.69) is 0 Å². The lowest BCUT2D eigenvalue weighted by Crippen LogP contribution is -2.30. The summed E-state index contributed by atoms with van der Waals surface area (Å²) < 4.78 is 4.73. The third-order valence-corrected chi connectivity index (χ3v) is 3.23. The van der Waals surface area contributed by atoms with Gasteiger partial charge in [0.2, 0.25) is 0 Å². The van der Waals surface area contributed by atoms with Gasteiger partial charge in [0.25, 0.3) is 5.91 Å². The number of halogens is 1. The highest BCUT2D eigenvalue weighted by molar-refractivity contribution is 6.18. The topological polar surface area (TPSA) is 32.8 Å². The van der Waals surface area contributed by atoms with Crippen molar-refractivity contribution >= 4 is 17.5 Å². The van der Waals surface area contributed by atoms with E-state index in [0.717, 1.165) is 30.8 Å². The van der Waals surface area contributed by atoms with E-state index in [0.29, 0.717) is 12.0 Å². The molecule has 1 heterocycles. The molecule has 1 fully saturated rings. The summed E-state index contributed by atoms with van der Waals surface area (Å²) in [4.78, 5) is 13.7. The zero-order chi connectivity index (χ0) is 14.3. The van der Waals surface area contributed by atoms with Crippen molar-refractivity contribution in [2.75, 3.05) is 25.6 Å². The van der Waals surface area contributed by atoms with Crippen molar-refractivity contribution in [3.63, 3.8) is 0 Å². The number of amides is 1. The molecule has 2 rings (SSSR count). The van der Waals surface area contributed by atoms with Crippen LogP contribution in [0, 0.1) is 6.92 Å². The molecule has 0 aliphatic carbocycles. The standard InChI is InChI=1S/C12H17NO.C3H5ClO/c1-4-13(5-2)12(14)11-8-6-7-10(3)9-11;4-1-3-2-5-3/h6-9H,4-5H2,1-3H3;3H,1-2H2. The maximum absolute atomic E-state index is 11.9. The molecule has 1 atom stereocenters. The molecule has 0 aromatic heterocycles. The average Bonchev–Trinajstić information content (AvgIpc) is 3.24. The second kappa shape index (κ2) is 8.18. The Kier molecular flexibility index (Phi) is 6.89. The zero-order valence-corrected chi connectivity index (χ0v) is 12.6. The molecule has 1 unspecified atom stereocenters. The molecule has 1 aromatic carbocycles. The fourth-order valence-electron chi connectivity index (χ4n) is 1.63. The van der Waals surface area contributed by atoms with Gasteiger partial charge < -0.3 is 9.64 Å². The molecule has 0 radical (unpaired) electrons. The highest BCUT2D eigenvalue weighted by Crippen LogP contribution is 2.09. The van der Waals surface area contributed by atoms with Crippen molar-refractivity contribution in [1.29, 1.82) is 0 Å². The van der Waals surface area contributed by atoms with Crippen LogP contribution in [-0.4, -0.2) is 42.5 Å². The van der Waals surface area contributed by atoms with E-state index in [4.69, 9.17) is 16.3 Å². The van der Waals surface area contributed by atoms with Gasteiger partial charge >= 0.3 is 0 Å². The summed E-state index contributed by atoms with van der Waals surface area (Å²) in [6.45, 7) is 8.41. The lowest BCUT2D eigenvalue weighted by atomic mass is 10.1. The Hall–Kier alpha value is -1.06. The molecular weight excluding hydrogens is 262 g/mol. The van der Waals surface area contributed by atoms with E-state index in [-0.39, 0.29) is 5.91 Å². The number of epoxide rings is 1. The van der Waals surface area contributed by atoms with E-state index in [1.54, 1.807) is 0 Å². The summed E-state index contributed by atoms with van der Waals surface area (Å²) in [7, 11) is 0. The first-order valence-electron chi connectivity index (χ1n) is 6.65. The minimum absolute atomic E-state index is 0.124. The van der Waals surface area contributed by atoms with Crippen LogP contribution in [0.4, 0.5) is 0 Å². The van der Waals surface area contributed by atoms with E-state index in [1.165, 1.54) is 0 Å². The fraction of sp³-hybridized carbons (Fsp3) is 0.533. The van der Waals surface area contributed by atoms with Gasteiger partial charge in [0, 0.05) is 18.7 Å².